The quantitative estimate of drug-likeness (QED) is 0.759. The number of hydrogen-bond donors (Lipinski definition) is 1. The van der Waals surface area contributed by atoms with Crippen molar-refractivity contribution in [3.05, 3.63) is 21.1 Å². The van der Waals surface area contributed by atoms with Gasteiger partial charge in [0.15, 0.2) is 0 Å². The van der Waals surface area contributed by atoms with Crippen LogP contribution in [0.3, 0.4) is 0 Å². The van der Waals surface area contributed by atoms with E-state index in [-0.39, 0.29) is 21.2 Å². The van der Waals surface area contributed by atoms with Crippen molar-refractivity contribution in [3.63, 3.8) is 0 Å². The summed E-state index contributed by atoms with van der Waals surface area (Å²) in [5.74, 6) is -0.829. The molecule has 0 heterocycles. The number of aliphatic hydroxyl groups is 1. The highest BCUT2D eigenvalue weighted by Crippen LogP contribution is 2.31. The van der Waals surface area contributed by atoms with E-state index in [0.717, 1.165) is 0 Å². The summed E-state index contributed by atoms with van der Waals surface area (Å²) in [6, 6.07) is 0. The van der Waals surface area contributed by atoms with Gasteiger partial charge in [-0.25, -0.2) is 0 Å². The molecule has 1 rings (SSSR count). The molecule has 96 valence electrons. The van der Waals surface area contributed by atoms with Crippen LogP contribution < -0.4 is 0 Å². The molecular weight excluding hydrogens is 356 g/mol. The van der Waals surface area contributed by atoms with Crippen LogP contribution in [-0.4, -0.2) is 29.6 Å². The van der Waals surface area contributed by atoms with Gasteiger partial charge >= 0.3 is 5.97 Å². The van der Waals surface area contributed by atoms with E-state index in [4.69, 9.17) is 0 Å². The Labute approximate surface area is 117 Å². The van der Waals surface area contributed by atoms with Gasteiger partial charge in [-0.15, -0.1) is 0 Å². The largest absolute Gasteiger partial charge is 0.469 e. The third kappa shape index (κ3) is 4.73. The molecule has 0 aromatic rings. The average molecular weight is 370 g/mol. The van der Waals surface area contributed by atoms with Crippen LogP contribution in [0.15, 0.2) is 21.1 Å². The summed E-state index contributed by atoms with van der Waals surface area (Å²) in [6.45, 7) is 4.00. The molecule has 4 nitrogen and oxygen atoms in total. The summed E-state index contributed by atoms with van der Waals surface area (Å²) in [7, 11) is 1.23. The maximum absolute atomic E-state index is 11.3. The fourth-order valence-corrected chi connectivity index (χ4v) is 2.62. The fraction of sp³-hybridized carbons (Fsp3) is 0.455. The number of methoxy groups -OCH3 is 1. The summed E-state index contributed by atoms with van der Waals surface area (Å²) >= 11 is 6.02. The highest BCUT2D eigenvalue weighted by molar-refractivity contribution is 9.13. The Morgan fingerprint density at radius 1 is 1.35 bits per heavy atom. The van der Waals surface area contributed by atoms with E-state index >= 15 is 0 Å². The number of allylic oxidation sites excluding steroid dienone is 2. The standard InChI is InChI=1S/C9H8Br2O4.C2H6/c1-15-7(12)4-9(14)2-5(10)8(13)6(11)3-9;1-2/h2-3,14H,4H2,1H3;1-2H3. The van der Waals surface area contributed by atoms with E-state index in [1.807, 2.05) is 13.8 Å². The van der Waals surface area contributed by atoms with Gasteiger partial charge in [-0.1, -0.05) is 13.8 Å². The predicted octanol–water partition coefficient (Wildman–Crippen LogP) is 2.45. The van der Waals surface area contributed by atoms with E-state index < -0.39 is 11.6 Å². The van der Waals surface area contributed by atoms with E-state index in [9.17, 15) is 14.7 Å². The smallest absolute Gasteiger partial charge is 0.309 e. The molecule has 17 heavy (non-hydrogen) atoms. The highest BCUT2D eigenvalue weighted by atomic mass is 79.9. The van der Waals surface area contributed by atoms with Crippen molar-refractivity contribution in [2.75, 3.05) is 7.11 Å². The lowest BCUT2D eigenvalue weighted by Crippen LogP contribution is -2.31. The molecular formula is C11H14Br2O4. The number of Topliss-reactive ketones (excluding diaryl/α,β-unsaturated/α-hetero) is 1. The maximum atomic E-state index is 11.3. The molecule has 0 aromatic carbocycles. The first kappa shape index (κ1) is 16.5. The van der Waals surface area contributed by atoms with Crippen LogP contribution >= 0.6 is 31.9 Å². The maximum Gasteiger partial charge on any atom is 0.309 e. The van der Waals surface area contributed by atoms with Crippen molar-refractivity contribution in [3.8, 4) is 0 Å². The molecule has 0 amide bonds. The Morgan fingerprint density at radius 2 is 1.76 bits per heavy atom. The number of rotatable bonds is 2. The molecule has 0 bridgehead atoms. The zero-order chi connectivity index (χ0) is 13.6. The fourth-order valence-electron chi connectivity index (χ4n) is 1.13. The minimum atomic E-state index is -1.49. The first-order valence-corrected chi connectivity index (χ1v) is 6.57. The Kier molecular flexibility index (Phi) is 6.89. The summed E-state index contributed by atoms with van der Waals surface area (Å²) in [5.41, 5.74) is -1.49. The number of ketones is 1. The SMILES string of the molecule is CC.COC(=O)CC1(O)C=C(Br)C(=O)C(Br)=C1. The minimum absolute atomic E-state index is 0.211. The topological polar surface area (TPSA) is 63.6 Å². The predicted molar refractivity (Wildman–Crippen MR) is 72.0 cm³/mol. The molecule has 0 aromatic heterocycles. The third-order valence-electron chi connectivity index (χ3n) is 1.84. The van der Waals surface area contributed by atoms with Gasteiger partial charge < -0.3 is 9.84 Å². The molecule has 0 saturated carbocycles. The summed E-state index contributed by atoms with van der Waals surface area (Å²) in [4.78, 5) is 22.3. The molecule has 1 N–H and O–H groups in total. The van der Waals surface area contributed by atoms with Gasteiger partial charge in [-0.05, 0) is 44.0 Å². The second-order valence-corrected chi connectivity index (χ2v) is 4.77. The van der Waals surface area contributed by atoms with E-state index in [0.29, 0.717) is 0 Å². The van der Waals surface area contributed by atoms with Crippen LogP contribution in [0, 0.1) is 0 Å². The van der Waals surface area contributed by atoms with Gasteiger partial charge in [0.2, 0.25) is 5.78 Å². The normalized spacial score (nSPS) is 17.4. The Bertz CT molecular complexity index is 350. The number of esters is 1. The zero-order valence-electron chi connectivity index (χ0n) is 9.79. The molecule has 6 heteroatoms. The lowest BCUT2D eigenvalue weighted by Gasteiger charge is -2.23. The van der Waals surface area contributed by atoms with Gasteiger partial charge in [-0.2, -0.15) is 0 Å². The lowest BCUT2D eigenvalue weighted by atomic mass is 9.94. The van der Waals surface area contributed by atoms with Crippen LogP contribution in [0.2, 0.25) is 0 Å². The number of halogens is 2. The van der Waals surface area contributed by atoms with Crippen molar-refractivity contribution >= 4 is 43.6 Å². The van der Waals surface area contributed by atoms with Crippen LogP contribution in [0.1, 0.15) is 20.3 Å². The molecule has 0 radical (unpaired) electrons. The van der Waals surface area contributed by atoms with Gasteiger partial charge in [0.25, 0.3) is 0 Å². The molecule has 0 unspecified atom stereocenters. The van der Waals surface area contributed by atoms with Crippen molar-refractivity contribution in [2.45, 2.75) is 25.9 Å². The van der Waals surface area contributed by atoms with Crippen molar-refractivity contribution < 1.29 is 19.4 Å². The van der Waals surface area contributed by atoms with Gasteiger partial charge in [0.05, 0.1) is 22.5 Å². The Hall–Kier alpha value is -0.460. The summed E-state index contributed by atoms with van der Waals surface area (Å²) in [6.07, 6.45) is 2.31. The number of carbonyl (C=O) groups excluding carboxylic acids is 2. The third-order valence-corrected chi connectivity index (χ3v) is 3.02. The van der Waals surface area contributed by atoms with Crippen LogP contribution in [-0.2, 0) is 14.3 Å². The van der Waals surface area contributed by atoms with E-state index in [1.54, 1.807) is 0 Å². The van der Waals surface area contributed by atoms with Gasteiger partial charge in [0, 0.05) is 0 Å². The van der Waals surface area contributed by atoms with Gasteiger partial charge in [-0.3, -0.25) is 9.59 Å². The molecule has 0 fully saturated rings. The Balaban J connectivity index is 0.00000121. The summed E-state index contributed by atoms with van der Waals surface area (Å²) in [5, 5.41) is 9.97. The zero-order valence-corrected chi connectivity index (χ0v) is 13.0. The molecule has 0 spiro atoms. The second-order valence-electron chi connectivity index (χ2n) is 3.06. The molecule has 0 aliphatic heterocycles. The van der Waals surface area contributed by atoms with E-state index in [1.165, 1.54) is 19.3 Å². The molecule has 1 aliphatic rings. The molecule has 0 saturated heterocycles. The second kappa shape index (κ2) is 7.08. The number of ether oxygens (including phenoxy) is 1. The monoisotopic (exact) mass is 368 g/mol. The van der Waals surface area contributed by atoms with Crippen LogP contribution in [0.25, 0.3) is 0 Å². The molecule has 0 atom stereocenters. The van der Waals surface area contributed by atoms with Gasteiger partial charge in [0.1, 0.15) is 5.60 Å². The van der Waals surface area contributed by atoms with Crippen molar-refractivity contribution in [2.24, 2.45) is 0 Å². The highest BCUT2D eigenvalue weighted by Gasteiger charge is 2.32. The lowest BCUT2D eigenvalue weighted by molar-refractivity contribution is -0.143. The van der Waals surface area contributed by atoms with Crippen molar-refractivity contribution in [1.82, 2.24) is 0 Å². The van der Waals surface area contributed by atoms with E-state index in [2.05, 4.69) is 36.6 Å². The Morgan fingerprint density at radius 3 is 2.12 bits per heavy atom. The van der Waals surface area contributed by atoms with Crippen molar-refractivity contribution in [1.29, 1.82) is 0 Å². The number of carbonyl (C=O) groups is 2. The van der Waals surface area contributed by atoms with Crippen LogP contribution in [0.5, 0.6) is 0 Å². The molecule has 1 aliphatic carbocycles. The first-order chi connectivity index (χ1) is 7.88. The summed E-state index contributed by atoms with van der Waals surface area (Å²) < 4.78 is 4.87. The minimum Gasteiger partial charge on any atom is -0.469 e. The first-order valence-electron chi connectivity index (χ1n) is 4.98. The van der Waals surface area contributed by atoms with Crippen LogP contribution in [0.4, 0.5) is 0 Å². The average Bonchev–Trinajstić information content (AvgIpc) is 2.28. The number of hydrogen-bond acceptors (Lipinski definition) is 4.